The maximum absolute atomic E-state index is 12.2. The second-order valence-electron chi connectivity index (χ2n) is 7.60. The van der Waals surface area contributed by atoms with Gasteiger partial charge < -0.3 is 4.90 Å². The van der Waals surface area contributed by atoms with Crippen molar-refractivity contribution in [3.05, 3.63) is 46.8 Å². The molecule has 4 heterocycles. The fourth-order valence-electron chi connectivity index (χ4n) is 3.71. The molecule has 2 aliphatic rings. The van der Waals surface area contributed by atoms with E-state index in [2.05, 4.69) is 24.4 Å². The van der Waals surface area contributed by atoms with Gasteiger partial charge in [-0.3, -0.25) is 9.69 Å². The molecule has 0 amide bonds. The van der Waals surface area contributed by atoms with Crippen molar-refractivity contribution in [2.45, 2.75) is 31.7 Å². The van der Waals surface area contributed by atoms with Crippen LogP contribution in [-0.2, 0) is 6.54 Å². The summed E-state index contributed by atoms with van der Waals surface area (Å²) in [4.78, 5) is 21.6. The molecule has 0 atom stereocenters. The minimum Gasteiger partial charge on any atom is -0.344 e. The Morgan fingerprint density at radius 3 is 2.69 bits per heavy atom. The molecule has 0 unspecified atom stereocenters. The summed E-state index contributed by atoms with van der Waals surface area (Å²) in [5, 5.41) is 9.68. The van der Waals surface area contributed by atoms with Crippen molar-refractivity contribution in [3.63, 3.8) is 0 Å². The molecule has 0 spiro atoms. The summed E-state index contributed by atoms with van der Waals surface area (Å²) in [6.45, 7) is 5.15. The van der Waals surface area contributed by atoms with Crippen molar-refractivity contribution in [2.24, 2.45) is 0 Å². The predicted octanol–water partition coefficient (Wildman–Crippen LogP) is 1.37. The highest BCUT2D eigenvalue weighted by atomic mass is 32.1. The zero-order valence-corrected chi connectivity index (χ0v) is 17.0. The van der Waals surface area contributed by atoms with Gasteiger partial charge in [0.15, 0.2) is 5.82 Å². The molecule has 0 aromatic carbocycles. The van der Waals surface area contributed by atoms with Crippen LogP contribution in [0.2, 0.25) is 0 Å². The fraction of sp³-hybridized carbons (Fsp3) is 0.526. The normalized spacial score (nSPS) is 18.1. The SMILES string of the molecule is O=c1ccc(-n2cccn2)nn1CCN1CCN(c2nc(C3CCC3)ns2)CC1. The molecular formula is C19H24N8OS. The minimum absolute atomic E-state index is 0.0862. The summed E-state index contributed by atoms with van der Waals surface area (Å²) in [7, 11) is 0. The summed E-state index contributed by atoms with van der Waals surface area (Å²) in [5.74, 6) is 2.28. The van der Waals surface area contributed by atoms with Crippen LogP contribution in [0.4, 0.5) is 5.13 Å². The molecule has 5 rings (SSSR count). The van der Waals surface area contributed by atoms with Crippen molar-refractivity contribution >= 4 is 16.7 Å². The maximum Gasteiger partial charge on any atom is 0.266 e. The van der Waals surface area contributed by atoms with E-state index in [9.17, 15) is 4.79 Å². The number of nitrogens with zero attached hydrogens (tertiary/aromatic N) is 8. The van der Waals surface area contributed by atoms with E-state index in [0.29, 0.717) is 18.3 Å². The zero-order chi connectivity index (χ0) is 19.6. The molecule has 1 aliphatic carbocycles. The third-order valence-electron chi connectivity index (χ3n) is 5.76. The molecule has 3 aromatic heterocycles. The van der Waals surface area contributed by atoms with Gasteiger partial charge in [-0.05, 0) is 25.0 Å². The molecule has 10 heteroatoms. The fourth-order valence-corrected chi connectivity index (χ4v) is 4.51. The summed E-state index contributed by atoms with van der Waals surface area (Å²) in [6.07, 6.45) is 7.29. The topological polar surface area (TPSA) is 85.0 Å². The highest BCUT2D eigenvalue weighted by molar-refractivity contribution is 7.09. The Labute approximate surface area is 172 Å². The van der Waals surface area contributed by atoms with E-state index in [1.807, 2.05) is 12.3 Å². The van der Waals surface area contributed by atoms with E-state index in [1.54, 1.807) is 23.0 Å². The number of anilines is 1. The van der Waals surface area contributed by atoms with Gasteiger partial charge in [-0.2, -0.15) is 9.47 Å². The summed E-state index contributed by atoms with van der Waals surface area (Å²) < 4.78 is 7.76. The molecule has 29 heavy (non-hydrogen) atoms. The second-order valence-corrected chi connectivity index (χ2v) is 8.33. The van der Waals surface area contributed by atoms with E-state index < -0.39 is 0 Å². The lowest BCUT2D eigenvalue weighted by molar-refractivity contribution is 0.242. The quantitative estimate of drug-likeness (QED) is 0.604. The molecule has 3 aromatic rings. The number of aromatic nitrogens is 6. The van der Waals surface area contributed by atoms with Gasteiger partial charge in [0, 0.05) is 68.6 Å². The third kappa shape index (κ3) is 3.95. The number of hydrogen-bond donors (Lipinski definition) is 0. The lowest BCUT2D eigenvalue weighted by atomic mass is 9.85. The van der Waals surface area contributed by atoms with Gasteiger partial charge in [0.1, 0.15) is 5.82 Å². The van der Waals surface area contributed by atoms with Crippen LogP contribution < -0.4 is 10.5 Å². The molecule has 1 saturated heterocycles. The van der Waals surface area contributed by atoms with Crippen molar-refractivity contribution in [1.29, 1.82) is 0 Å². The lowest BCUT2D eigenvalue weighted by Crippen LogP contribution is -2.47. The Kier molecular flexibility index (Phi) is 5.11. The maximum atomic E-state index is 12.2. The molecule has 9 nitrogen and oxygen atoms in total. The van der Waals surface area contributed by atoms with Crippen LogP contribution in [0.1, 0.15) is 31.0 Å². The lowest BCUT2D eigenvalue weighted by Gasteiger charge is -2.34. The molecule has 0 bridgehead atoms. The molecule has 2 fully saturated rings. The minimum atomic E-state index is -0.0862. The van der Waals surface area contributed by atoms with Crippen LogP contribution in [-0.4, -0.2) is 66.5 Å². The van der Waals surface area contributed by atoms with Crippen LogP contribution in [0.15, 0.2) is 35.4 Å². The smallest absolute Gasteiger partial charge is 0.266 e. The van der Waals surface area contributed by atoms with E-state index in [4.69, 9.17) is 4.98 Å². The van der Waals surface area contributed by atoms with Gasteiger partial charge in [0.2, 0.25) is 5.13 Å². The van der Waals surface area contributed by atoms with Crippen LogP contribution in [0.5, 0.6) is 0 Å². The molecule has 1 saturated carbocycles. The summed E-state index contributed by atoms with van der Waals surface area (Å²) in [6, 6.07) is 5.09. The first-order valence-corrected chi connectivity index (χ1v) is 10.9. The monoisotopic (exact) mass is 412 g/mol. The zero-order valence-electron chi connectivity index (χ0n) is 16.2. The van der Waals surface area contributed by atoms with Gasteiger partial charge in [-0.15, -0.1) is 5.10 Å². The van der Waals surface area contributed by atoms with E-state index in [-0.39, 0.29) is 5.56 Å². The van der Waals surface area contributed by atoms with Crippen molar-refractivity contribution in [2.75, 3.05) is 37.6 Å². The summed E-state index contributed by atoms with van der Waals surface area (Å²) in [5.41, 5.74) is -0.0862. The van der Waals surface area contributed by atoms with Gasteiger partial charge in [-0.1, -0.05) is 6.42 Å². The van der Waals surface area contributed by atoms with Gasteiger partial charge in [-0.25, -0.2) is 14.3 Å². The Bertz CT molecular complexity index is 1000. The molecular weight excluding hydrogens is 388 g/mol. The van der Waals surface area contributed by atoms with Crippen molar-refractivity contribution < 1.29 is 0 Å². The number of piperazine rings is 1. The highest BCUT2D eigenvalue weighted by Crippen LogP contribution is 2.36. The van der Waals surface area contributed by atoms with Crippen LogP contribution >= 0.6 is 11.5 Å². The highest BCUT2D eigenvalue weighted by Gasteiger charge is 2.26. The number of hydrogen-bond acceptors (Lipinski definition) is 8. The van der Waals surface area contributed by atoms with Gasteiger partial charge >= 0.3 is 0 Å². The Morgan fingerprint density at radius 2 is 1.97 bits per heavy atom. The van der Waals surface area contributed by atoms with E-state index >= 15 is 0 Å². The van der Waals surface area contributed by atoms with Gasteiger partial charge in [0.25, 0.3) is 5.56 Å². The van der Waals surface area contributed by atoms with Crippen molar-refractivity contribution in [3.8, 4) is 5.82 Å². The average Bonchev–Trinajstić information content (AvgIpc) is 3.39. The van der Waals surface area contributed by atoms with Gasteiger partial charge in [0.05, 0.1) is 6.54 Å². The van der Waals surface area contributed by atoms with Crippen LogP contribution in [0, 0.1) is 0 Å². The Balaban J connectivity index is 1.16. The average molecular weight is 413 g/mol. The molecule has 0 radical (unpaired) electrons. The molecule has 0 N–H and O–H groups in total. The molecule has 1 aliphatic heterocycles. The number of rotatable bonds is 6. The largest absolute Gasteiger partial charge is 0.344 e. The van der Waals surface area contributed by atoms with E-state index in [1.165, 1.54) is 35.5 Å². The molecule has 152 valence electrons. The first-order chi connectivity index (χ1) is 14.3. The van der Waals surface area contributed by atoms with Crippen molar-refractivity contribution in [1.82, 2.24) is 33.8 Å². The third-order valence-corrected chi connectivity index (χ3v) is 6.55. The van der Waals surface area contributed by atoms with Crippen LogP contribution in [0.3, 0.4) is 0 Å². The van der Waals surface area contributed by atoms with E-state index in [0.717, 1.165) is 43.7 Å². The second kappa shape index (κ2) is 8.03. The standard InChI is InChI=1S/C19H24N8OS/c28-17-6-5-16(26-8-2-7-20-26)22-27(17)14-11-24-9-12-25(13-10-24)19-21-18(23-29-19)15-3-1-4-15/h2,5-8,15H,1,3-4,9-14H2. The summed E-state index contributed by atoms with van der Waals surface area (Å²) >= 11 is 1.53. The Hall–Kier alpha value is -2.59. The predicted molar refractivity (Wildman–Crippen MR) is 111 cm³/mol. The first-order valence-electron chi connectivity index (χ1n) is 10.2. The Morgan fingerprint density at radius 1 is 1.10 bits per heavy atom. The van der Waals surface area contributed by atoms with Crippen LogP contribution in [0.25, 0.3) is 5.82 Å². The first kappa shape index (κ1) is 18.4.